The highest BCUT2D eigenvalue weighted by Gasteiger charge is 2.21. The number of rotatable bonds is 6. The fourth-order valence-electron chi connectivity index (χ4n) is 2.29. The zero-order chi connectivity index (χ0) is 18.4. The number of amides is 3. The van der Waals surface area contributed by atoms with Crippen molar-refractivity contribution in [1.82, 2.24) is 10.2 Å². The van der Waals surface area contributed by atoms with E-state index in [0.29, 0.717) is 18.5 Å². The number of hydrogen-bond donors (Lipinski definition) is 1. The van der Waals surface area contributed by atoms with Gasteiger partial charge >= 0.3 is 5.97 Å². The van der Waals surface area contributed by atoms with Gasteiger partial charge in [-0.15, -0.1) is 0 Å². The second kappa shape index (κ2) is 8.27. The van der Waals surface area contributed by atoms with Gasteiger partial charge in [-0.3, -0.25) is 19.2 Å². The number of carbonyl (C=O) groups is 4. The predicted octanol–water partition coefficient (Wildman–Crippen LogP) is 0.175. The van der Waals surface area contributed by atoms with E-state index in [1.54, 1.807) is 43.3 Å². The normalized spacial score (nSPS) is 13.5. The highest BCUT2D eigenvalue weighted by Crippen LogP contribution is 2.21. The maximum absolute atomic E-state index is 12.0. The van der Waals surface area contributed by atoms with E-state index in [1.807, 2.05) is 0 Å². The van der Waals surface area contributed by atoms with Crippen LogP contribution in [0.1, 0.15) is 23.2 Å². The van der Waals surface area contributed by atoms with Crippen molar-refractivity contribution in [3.05, 3.63) is 29.8 Å². The van der Waals surface area contributed by atoms with Crippen LogP contribution in [-0.4, -0.2) is 62.4 Å². The summed E-state index contributed by atoms with van der Waals surface area (Å²) in [6.07, 6.45) is 1.38. The first-order valence-corrected chi connectivity index (χ1v) is 7.93. The summed E-state index contributed by atoms with van der Waals surface area (Å²) in [5, 5.41) is 2.43. The molecule has 1 N–H and O–H groups in total. The Kier molecular flexibility index (Phi) is 6.10. The van der Waals surface area contributed by atoms with Crippen molar-refractivity contribution in [2.45, 2.75) is 12.8 Å². The topological polar surface area (TPSA) is 96.0 Å². The Morgan fingerprint density at radius 3 is 2.44 bits per heavy atom. The molecule has 1 heterocycles. The Balaban J connectivity index is 1.81. The Bertz CT molecular complexity index is 669. The van der Waals surface area contributed by atoms with E-state index in [1.165, 1.54) is 4.90 Å². The van der Waals surface area contributed by atoms with E-state index in [2.05, 4.69) is 5.32 Å². The Morgan fingerprint density at radius 1 is 1.20 bits per heavy atom. The van der Waals surface area contributed by atoms with Gasteiger partial charge in [-0.1, -0.05) is 0 Å². The minimum atomic E-state index is -0.692. The van der Waals surface area contributed by atoms with Gasteiger partial charge < -0.3 is 19.9 Å². The third-order valence-corrected chi connectivity index (χ3v) is 3.76. The Labute approximate surface area is 145 Å². The zero-order valence-corrected chi connectivity index (χ0v) is 14.3. The quantitative estimate of drug-likeness (QED) is 0.740. The van der Waals surface area contributed by atoms with Crippen LogP contribution in [0.3, 0.4) is 0 Å². The molecule has 0 saturated carbocycles. The molecular formula is C17H21N3O5. The van der Waals surface area contributed by atoms with E-state index in [0.717, 1.165) is 12.1 Å². The van der Waals surface area contributed by atoms with Gasteiger partial charge in [0.05, 0.1) is 0 Å². The molecule has 0 unspecified atom stereocenters. The SMILES string of the molecule is CN(C)C(=O)COC(=O)CNC(=O)c1ccc(N2CCCC2=O)cc1. The summed E-state index contributed by atoms with van der Waals surface area (Å²) >= 11 is 0. The first-order valence-electron chi connectivity index (χ1n) is 7.93. The number of esters is 1. The van der Waals surface area contributed by atoms with E-state index < -0.39 is 11.9 Å². The van der Waals surface area contributed by atoms with Crippen LogP contribution in [0.15, 0.2) is 24.3 Å². The predicted molar refractivity (Wildman–Crippen MR) is 90.0 cm³/mol. The number of carbonyl (C=O) groups excluding carboxylic acids is 4. The molecule has 3 amide bonds. The minimum absolute atomic E-state index is 0.0761. The number of nitrogens with one attached hydrogen (secondary N) is 1. The van der Waals surface area contributed by atoms with Crippen LogP contribution in [-0.2, 0) is 19.1 Å². The van der Waals surface area contributed by atoms with E-state index in [-0.39, 0.29) is 25.0 Å². The molecule has 1 aromatic rings. The van der Waals surface area contributed by atoms with Crippen molar-refractivity contribution in [2.24, 2.45) is 0 Å². The summed E-state index contributed by atoms with van der Waals surface area (Å²) in [4.78, 5) is 49.5. The second-order valence-corrected chi connectivity index (χ2v) is 5.83. The van der Waals surface area contributed by atoms with Gasteiger partial charge in [0.15, 0.2) is 6.61 Å². The molecule has 25 heavy (non-hydrogen) atoms. The number of benzene rings is 1. The molecule has 0 aliphatic carbocycles. The average Bonchev–Trinajstić information content (AvgIpc) is 3.03. The largest absolute Gasteiger partial charge is 0.454 e. The molecule has 0 radical (unpaired) electrons. The molecule has 0 bridgehead atoms. The summed E-state index contributed by atoms with van der Waals surface area (Å²) in [5.74, 6) is -1.39. The third kappa shape index (κ3) is 5.03. The van der Waals surface area contributed by atoms with Crippen molar-refractivity contribution < 1.29 is 23.9 Å². The van der Waals surface area contributed by atoms with Gasteiger partial charge in [-0.05, 0) is 30.7 Å². The average molecular weight is 347 g/mol. The van der Waals surface area contributed by atoms with Gasteiger partial charge in [0.1, 0.15) is 6.54 Å². The first-order chi connectivity index (χ1) is 11.9. The minimum Gasteiger partial charge on any atom is -0.454 e. The maximum Gasteiger partial charge on any atom is 0.325 e. The van der Waals surface area contributed by atoms with Crippen LogP contribution in [0.5, 0.6) is 0 Å². The molecule has 0 atom stereocenters. The van der Waals surface area contributed by atoms with Crippen LogP contribution >= 0.6 is 0 Å². The number of ether oxygens (including phenoxy) is 1. The van der Waals surface area contributed by atoms with Crippen molar-refractivity contribution in [3.8, 4) is 0 Å². The number of anilines is 1. The lowest BCUT2D eigenvalue weighted by molar-refractivity contribution is -0.150. The number of likely N-dealkylation sites (N-methyl/N-ethyl adjacent to an activating group) is 1. The molecule has 8 heteroatoms. The summed E-state index contributed by atoms with van der Waals surface area (Å²) in [6, 6.07) is 6.59. The van der Waals surface area contributed by atoms with Gasteiger partial charge in [-0.2, -0.15) is 0 Å². The Hall–Kier alpha value is -2.90. The summed E-state index contributed by atoms with van der Waals surface area (Å²) in [5.41, 5.74) is 1.12. The fourth-order valence-corrected chi connectivity index (χ4v) is 2.29. The van der Waals surface area contributed by atoms with E-state index in [4.69, 9.17) is 4.74 Å². The van der Waals surface area contributed by atoms with E-state index in [9.17, 15) is 19.2 Å². The van der Waals surface area contributed by atoms with Crippen LogP contribution in [0.25, 0.3) is 0 Å². The molecule has 134 valence electrons. The summed E-state index contributed by atoms with van der Waals surface area (Å²) < 4.78 is 4.76. The van der Waals surface area contributed by atoms with Crippen molar-refractivity contribution in [3.63, 3.8) is 0 Å². The molecule has 1 saturated heterocycles. The van der Waals surface area contributed by atoms with Gasteiger partial charge in [0.25, 0.3) is 11.8 Å². The summed E-state index contributed by atoms with van der Waals surface area (Å²) in [7, 11) is 3.11. The van der Waals surface area contributed by atoms with Gasteiger partial charge in [-0.25, -0.2) is 0 Å². The van der Waals surface area contributed by atoms with Crippen molar-refractivity contribution >= 4 is 29.4 Å². The van der Waals surface area contributed by atoms with Crippen molar-refractivity contribution in [1.29, 1.82) is 0 Å². The summed E-state index contributed by atoms with van der Waals surface area (Å²) in [6.45, 7) is -0.00590. The lowest BCUT2D eigenvalue weighted by atomic mass is 10.2. The van der Waals surface area contributed by atoms with Crippen molar-refractivity contribution in [2.75, 3.05) is 38.7 Å². The number of nitrogens with zero attached hydrogens (tertiary/aromatic N) is 2. The molecule has 0 aromatic heterocycles. The zero-order valence-electron chi connectivity index (χ0n) is 14.3. The molecular weight excluding hydrogens is 326 g/mol. The molecule has 2 rings (SSSR count). The first kappa shape index (κ1) is 18.4. The molecule has 1 fully saturated rings. The number of hydrogen-bond acceptors (Lipinski definition) is 5. The molecule has 1 aromatic carbocycles. The van der Waals surface area contributed by atoms with E-state index >= 15 is 0 Å². The lowest BCUT2D eigenvalue weighted by Gasteiger charge is -2.15. The standard InChI is InChI=1S/C17H21N3O5/c1-19(2)15(22)11-25-16(23)10-18-17(24)12-5-7-13(8-6-12)20-9-3-4-14(20)21/h5-8H,3-4,9-11H2,1-2H3,(H,18,24). The highest BCUT2D eigenvalue weighted by atomic mass is 16.5. The monoisotopic (exact) mass is 347 g/mol. The fraction of sp³-hybridized carbons (Fsp3) is 0.412. The van der Waals surface area contributed by atoms with Crippen LogP contribution in [0, 0.1) is 0 Å². The second-order valence-electron chi connectivity index (χ2n) is 5.83. The van der Waals surface area contributed by atoms with Gasteiger partial charge in [0.2, 0.25) is 5.91 Å². The maximum atomic E-state index is 12.0. The van der Waals surface area contributed by atoms with Crippen LogP contribution in [0.2, 0.25) is 0 Å². The lowest BCUT2D eigenvalue weighted by Crippen LogP contribution is -2.33. The van der Waals surface area contributed by atoms with Gasteiger partial charge in [0, 0.05) is 38.3 Å². The highest BCUT2D eigenvalue weighted by molar-refractivity contribution is 5.98. The molecule has 8 nitrogen and oxygen atoms in total. The smallest absolute Gasteiger partial charge is 0.325 e. The molecule has 1 aliphatic heterocycles. The molecule has 0 spiro atoms. The third-order valence-electron chi connectivity index (χ3n) is 3.76. The van der Waals surface area contributed by atoms with Crippen LogP contribution < -0.4 is 10.2 Å². The Morgan fingerprint density at radius 2 is 1.88 bits per heavy atom. The molecule has 1 aliphatic rings. The van der Waals surface area contributed by atoms with Crippen LogP contribution in [0.4, 0.5) is 5.69 Å².